The average molecular weight is 259 g/mol. The van der Waals surface area contributed by atoms with Gasteiger partial charge in [-0.1, -0.05) is 0 Å². The monoisotopic (exact) mass is 258 g/mol. The van der Waals surface area contributed by atoms with E-state index in [4.69, 9.17) is 4.74 Å². The first kappa shape index (κ1) is 11.1. The Morgan fingerprint density at radius 3 is 3.14 bits per heavy atom. The zero-order valence-corrected chi connectivity index (χ0v) is 9.37. The molecule has 1 amide bonds. The summed E-state index contributed by atoms with van der Waals surface area (Å²) in [5.74, 6) is -0.120. The van der Waals surface area contributed by atoms with E-state index in [-0.39, 0.29) is 5.91 Å². The zero-order valence-electron chi connectivity index (χ0n) is 7.79. The third-order valence-corrected chi connectivity index (χ3v) is 2.01. The third-order valence-electron chi connectivity index (χ3n) is 1.58. The van der Waals surface area contributed by atoms with Crippen LogP contribution in [0.1, 0.15) is 10.4 Å². The lowest BCUT2D eigenvalue weighted by atomic mass is 10.2. The Morgan fingerprint density at radius 1 is 1.71 bits per heavy atom. The zero-order chi connectivity index (χ0) is 10.4. The van der Waals surface area contributed by atoms with Crippen molar-refractivity contribution in [3.63, 3.8) is 0 Å². The van der Waals surface area contributed by atoms with E-state index in [1.807, 2.05) is 0 Å². The van der Waals surface area contributed by atoms with E-state index in [0.717, 1.165) is 0 Å². The minimum atomic E-state index is -0.120. The van der Waals surface area contributed by atoms with Gasteiger partial charge in [-0.05, 0) is 28.1 Å². The standard InChI is InChI=1S/C9H11BrN2O2/c1-14-5-4-12-9(13)7-2-3-11-8(10)6-7/h2-3,6H,4-5H2,1H3,(H,12,13). The first-order chi connectivity index (χ1) is 6.74. The lowest BCUT2D eigenvalue weighted by molar-refractivity contribution is 0.0937. The molecule has 0 bridgehead atoms. The molecule has 0 unspecified atom stereocenters. The van der Waals surface area contributed by atoms with Crippen molar-refractivity contribution in [2.45, 2.75) is 0 Å². The van der Waals surface area contributed by atoms with Crippen molar-refractivity contribution in [1.29, 1.82) is 0 Å². The van der Waals surface area contributed by atoms with E-state index in [1.54, 1.807) is 25.4 Å². The smallest absolute Gasteiger partial charge is 0.251 e. The van der Waals surface area contributed by atoms with E-state index >= 15 is 0 Å². The van der Waals surface area contributed by atoms with E-state index in [9.17, 15) is 4.79 Å². The molecule has 1 aromatic heterocycles. The minimum absolute atomic E-state index is 0.120. The molecule has 0 spiro atoms. The predicted molar refractivity (Wildman–Crippen MR) is 56.1 cm³/mol. The maximum atomic E-state index is 11.5. The number of hydrogen-bond donors (Lipinski definition) is 1. The van der Waals surface area contributed by atoms with Gasteiger partial charge in [0.1, 0.15) is 4.60 Å². The van der Waals surface area contributed by atoms with Crippen LogP contribution in [-0.2, 0) is 4.74 Å². The summed E-state index contributed by atoms with van der Waals surface area (Å²) >= 11 is 3.20. The van der Waals surface area contributed by atoms with Gasteiger partial charge in [-0.2, -0.15) is 0 Å². The van der Waals surface area contributed by atoms with Crippen molar-refractivity contribution in [1.82, 2.24) is 10.3 Å². The van der Waals surface area contributed by atoms with E-state index in [1.165, 1.54) is 0 Å². The molecule has 0 aliphatic rings. The Morgan fingerprint density at radius 2 is 2.50 bits per heavy atom. The Hall–Kier alpha value is -0.940. The van der Waals surface area contributed by atoms with Crippen molar-refractivity contribution in [2.75, 3.05) is 20.3 Å². The fourth-order valence-corrected chi connectivity index (χ4v) is 1.28. The number of aromatic nitrogens is 1. The lowest BCUT2D eigenvalue weighted by Gasteiger charge is -2.03. The molecule has 1 N–H and O–H groups in total. The van der Waals surface area contributed by atoms with Gasteiger partial charge in [-0.3, -0.25) is 4.79 Å². The largest absolute Gasteiger partial charge is 0.383 e. The van der Waals surface area contributed by atoms with Crippen molar-refractivity contribution >= 4 is 21.8 Å². The van der Waals surface area contributed by atoms with Gasteiger partial charge >= 0.3 is 0 Å². The molecule has 0 saturated heterocycles. The Bertz CT molecular complexity index is 317. The number of amides is 1. The Labute approximate surface area is 90.8 Å². The van der Waals surface area contributed by atoms with Crippen LogP contribution in [0.4, 0.5) is 0 Å². The van der Waals surface area contributed by atoms with Gasteiger partial charge in [0.15, 0.2) is 0 Å². The van der Waals surface area contributed by atoms with E-state index < -0.39 is 0 Å². The molecule has 5 heteroatoms. The van der Waals surface area contributed by atoms with Crippen LogP contribution in [0.15, 0.2) is 22.9 Å². The Kier molecular flexibility index (Phi) is 4.55. The summed E-state index contributed by atoms with van der Waals surface area (Å²) in [4.78, 5) is 15.4. The summed E-state index contributed by atoms with van der Waals surface area (Å²) < 4.78 is 5.47. The first-order valence-corrected chi connectivity index (χ1v) is 4.92. The maximum Gasteiger partial charge on any atom is 0.251 e. The van der Waals surface area contributed by atoms with Gasteiger partial charge < -0.3 is 10.1 Å². The van der Waals surface area contributed by atoms with Crippen LogP contribution in [0, 0.1) is 0 Å². The molecule has 0 fully saturated rings. The number of hydrogen-bond acceptors (Lipinski definition) is 3. The molecule has 1 aromatic rings. The fourth-order valence-electron chi connectivity index (χ4n) is 0.912. The van der Waals surface area contributed by atoms with Crippen LogP contribution in [0.2, 0.25) is 0 Å². The van der Waals surface area contributed by atoms with Crippen LogP contribution in [0.25, 0.3) is 0 Å². The summed E-state index contributed by atoms with van der Waals surface area (Å²) in [5.41, 5.74) is 0.586. The van der Waals surface area contributed by atoms with Crippen molar-refractivity contribution < 1.29 is 9.53 Å². The molecule has 0 atom stereocenters. The minimum Gasteiger partial charge on any atom is -0.383 e. The Balaban J connectivity index is 2.52. The van der Waals surface area contributed by atoms with Crippen LogP contribution in [-0.4, -0.2) is 31.2 Å². The summed E-state index contributed by atoms with van der Waals surface area (Å²) in [6, 6.07) is 3.33. The molecule has 0 radical (unpaired) electrons. The molecule has 14 heavy (non-hydrogen) atoms. The second kappa shape index (κ2) is 5.72. The van der Waals surface area contributed by atoms with Crippen molar-refractivity contribution in [3.8, 4) is 0 Å². The highest BCUT2D eigenvalue weighted by atomic mass is 79.9. The second-order valence-corrected chi connectivity index (χ2v) is 3.43. The molecule has 0 aromatic carbocycles. The highest BCUT2D eigenvalue weighted by Gasteiger charge is 2.04. The second-order valence-electron chi connectivity index (χ2n) is 2.62. The topological polar surface area (TPSA) is 51.2 Å². The van der Waals surface area contributed by atoms with Crippen molar-refractivity contribution in [3.05, 3.63) is 28.5 Å². The average Bonchev–Trinajstić information content (AvgIpc) is 2.18. The number of carbonyl (C=O) groups is 1. The highest BCUT2D eigenvalue weighted by Crippen LogP contribution is 2.07. The summed E-state index contributed by atoms with van der Waals surface area (Å²) in [7, 11) is 1.59. The number of carbonyl (C=O) groups excluding carboxylic acids is 1. The van der Waals surface area contributed by atoms with E-state index in [2.05, 4.69) is 26.2 Å². The molecule has 0 aliphatic heterocycles. The van der Waals surface area contributed by atoms with Crippen molar-refractivity contribution in [2.24, 2.45) is 0 Å². The molecule has 1 heterocycles. The predicted octanol–water partition coefficient (Wildman–Crippen LogP) is 1.22. The van der Waals surface area contributed by atoms with Gasteiger partial charge in [0.25, 0.3) is 5.91 Å². The molecule has 4 nitrogen and oxygen atoms in total. The molecular formula is C9H11BrN2O2. The number of ether oxygens (including phenoxy) is 1. The molecule has 1 rings (SSSR count). The molecule has 76 valence electrons. The number of methoxy groups -OCH3 is 1. The van der Waals surface area contributed by atoms with Gasteiger partial charge in [0.2, 0.25) is 0 Å². The van der Waals surface area contributed by atoms with E-state index in [0.29, 0.717) is 23.3 Å². The van der Waals surface area contributed by atoms with Crippen LogP contribution >= 0.6 is 15.9 Å². The molecular weight excluding hydrogens is 248 g/mol. The normalized spacial score (nSPS) is 9.86. The summed E-state index contributed by atoms with van der Waals surface area (Å²) in [6.45, 7) is 1.02. The molecule has 0 aliphatic carbocycles. The maximum absolute atomic E-state index is 11.5. The van der Waals surface area contributed by atoms with Crippen LogP contribution in [0.3, 0.4) is 0 Å². The van der Waals surface area contributed by atoms with Crippen LogP contribution < -0.4 is 5.32 Å². The number of nitrogens with zero attached hydrogens (tertiary/aromatic N) is 1. The fraction of sp³-hybridized carbons (Fsp3) is 0.333. The number of rotatable bonds is 4. The highest BCUT2D eigenvalue weighted by molar-refractivity contribution is 9.10. The number of nitrogens with one attached hydrogen (secondary N) is 1. The van der Waals surface area contributed by atoms with Gasteiger partial charge in [-0.15, -0.1) is 0 Å². The summed E-state index contributed by atoms with van der Waals surface area (Å²) in [6.07, 6.45) is 1.58. The van der Waals surface area contributed by atoms with Gasteiger partial charge in [0.05, 0.1) is 6.61 Å². The van der Waals surface area contributed by atoms with Gasteiger partial charge in [0, 0.05) is 25.4 Å². The molecule has 0 saturated carbocycles. The first-order valence-electron chi connectivity index (χ1n) is 4.12. The summed E-state index contributed by atoms with van der Waals surface area (Å²) in [5, 5.41) is 2.71. The van der Waals surface area contributed by atoms with Crippen LogP contribution in [0.5, 0.6) is 0 Å². The van der Waals surface area contributed by atoms with Gasteiger partial charge in [-0.25, -0.2) is 4.98 Å². The third kappa shape index (κ3) is 3.43. The number of pyridine rings is 1. The lowest BCUT2D eigenvalue weighted by Crippen LogP contribution is -2.26. The quantitative estimate of drug-likeness (QED) is 0.653. The number of halogens is 1. The SMILES string of the molecule is COCCNC(=O)c1ccnc(Br)c1.